The van der Waals surface area contributed by atoms with Crippen LogP contribution in [0, 0.1) is 5.92 Å². The molecule has 5 heteroatoms. The molecule has 0 bridgehead atoms. The van der Waals surface area contributed by atoms with Crippen LogP contribution in [-0.2, 0) is 9.84 Å². The second-order valence-corrected chi connectivity index (χ2v) is 9.04. The van der Waals surface area contributed by atoms with Crippen molar-refractivity contribution in [1.82, 2.24) is 0 Å². The quantitative estimate of drug-likeness (QED) is 0.736. The Hall–Kier alpha value is -2.14. The fraction of sp³-hybridized carbons (Fsp3) is 0.381. The number of carbonyl (C=O) groups excluding carboxylic acids is 1. The minimum atomic E-state index is -3.61. The van der Waals surface area contributed by atoms with Crippen LogP contribution in [0.3, 0.4) is 0 Å². The van der Waals surface area contributed by atoms with E-state index in [2.05, 4.69) is 12.2 Å². The van der Waals surface area contributed by atoms with E-state index < -0.39 is 15.6 Å². The zero-order valence-corrected chi connectivity index (χ0v) is 15.8. The van der Waals surface area contributed by atoms with Crippen LogP contribution >= 0.6 is 0 Å². The third kappa shape index (κ3) is 4.52. The summed E-state index contributed by atoms with van der Waals surface area (Å²) in [6.07, 6.45) is 5.14. The Morgan fingerprint density at radius 2 is 1.65 bits per heavy atom. The molecule has 0 heterocycles. The van der Waals surface area contributed by atoms with Crippen LogP contribution in [0.15, 0.2) is 59.5 Å². The van der Waals surface area contributed by atoms with E-state index in [-0.39, 0.29) is 10.7 Å². The molecule has 4 nitrogen and oxygen atoms in total. The van der Waals surface area contributed by atoms with Gasteiger partial charge < -0.3 is 5.32 Å². The van der Waals surface area contributed by atoms with Crippen LogP contribution in [0.5, 0.6) is 0 Å². The second kappa shape index (κ2) is 8.04. The van der Waals surface area contributed by atoms with Gasteiger partial charge in [0, 0.05) is 17.3 Å². The summed E-state index contributed by atoms with van der Waals surface area (Å²) in [5.74, 6) is -0.195. The van der Waals surface area contributed by atoms with E-state index in [9.17, 15) is 13.2 Å². The number of benzene rings is 2. The number of anilines is 1. The number of rotatable bonds is 7. The lowest BCUT2D eigenvalue weighted by atomic mass is 9.99. The summed E-state index contributed by atoms with van der Waals surface area (Å²) < 4.78 is 24.7. The third-order valence-electron chi connectivity index (χ3n) is 5.13. The van der Waals surface area contributed by atoms with Gasteiger partial charge in [0.1, 0.15) is 5.75 Å². The van der Waals surface area contributed by atoms with Gasteiger partial charge in [0.2, 0.25) is 0 Å². The van der Waals surface area contributed by atoms with Crippen molar-refractivity contribution < 1.29 is 13.2 Å². The van der Waals surface area contributed by atoms with Crippen LogP contribution in [0.4, 0.5) is 5.69 Å². The highest BCUT2D eigenvalue weighted by atomic mass is 32.2. The van der Waals surface area contributed by atoms with E-state index in [0.29, 0.717) is 17.5 Å². The third-order valence-corrected chi connectivity index (χ3v) is 6.76. The number of nitrogens with one attached hydrogen (secondary N) is 1. The lowest BCUT2D eigenvalue weighted by Crippen LogP contribution is -2.23. The Balaban J connectivity index is 1.63. The molecular formula is C21H25NO3S. The van der Waals surface area contributed by atoms with E-state index in [4.69, 9.17) is 0 Å². The smallest absolute Gasteiger partial charge is 0.185 e. The molecule has 3 rings (SSSR count). The van der Waals surface area contributed by atoms with Crippen molar-refractivity contribution in [2.45, 2.75) is 43.5 Å². The molecule has 1 aliphatic rings. The van der Waals surface area contributed by atoms with Crippen molar-refractivity contribution in [1.29, 1.82) is 0 Å². The first-order chi connectivity index (χ1) is 12.5. The maximum absolute atomic E-state index is 12.4. The molecule has 0 aromatic heterocycles. The Labute approximate surface area is 155 Å². The van der Waals surface area contributed by atoms with Crippen molar-refractivity contribution in [2.24, 2.45) is 5.92 Å². The molecule has 0 spiro atoms. The van der Waals surface area contributed by atoms with Crippen LogP contribution in [0.1, 0.15) is 43.0 Å². The molecule has 138 valence electrons. The largest absolute Gasteiger partial charge is 0.382 e. The van der Waals surface area contributed by atoms with Crippen molar-refractivity contribution >= 4 is 21.3 Å². The number of sulfone groups is 1. The molecular weight excluding hydrogens is 346 g/mol. The number of hydrogen-bond acceptors (Lipinski definition) is 4. The van der Waals surface area contributed by atoms with Crippen LogP contribution in [0.2, 0.25) is 0 Å². The number of ketones is 1. The molecule has 0 saturated heterocycles. The number of Topliss-reactive ketones (excluding diaryl/α,β-unsaturated/α-hetero) is 1. The van der Waals surface area contributed by atoms with E-state index in [0.717, 1.165) is 5.69 Å². The summed E-state index contributed by atoms with van der Waals surface area (Å²) in [4.78, 5) is 12.6. The maximum Gasteiger partial charge on any atom is 0.185 e. The van der Waals surface area contributed by atoms with Crippen LogP contribution in [0.25, 0.3) is 0 Å². The van der Waals surface area contributed by atoms with Gasteiger partial charge >= 0.3 is 0 Å². The zero-order valence-electron chi connectivity index (χ0n) is 15.0. The van der Waals surface area contributed by atoms with Gasteiger partial charge in [-0.1, -0.05) is 31.0 Å². The molecule has 1 N–H and O–H groups in total. The summed E-state index contributed by atoms with van der Waals surface area (Å²) in [5, 5.41) is 3.49. The van der Waals surface area contributed by atoms with E-state index in [1.165, 1.54) is 37.8 Å². The van der Waals surface area contributed by atoms with E-state index in [1.54, 1.807) is 30.3 Å². The van der Waals surface area contributed by atoms with Crippen molar-refractivity contribution in [3.8, 4) is 0 Å². The zero-order chi connectivity index (χ0) is 18.6. The summed E-state index contributed by atoms with van der Waals surface area (Å²) >= 11 is 0. The average Bonchev–Trinajstić information content (AvgIpc) is 3.17. The van der Waals surface area contributed by atoms with Crippen LogP contribution < -0.4 is 5.32 Å². The first-order valence-electron chi connectivity index (χ1n) is 9.13. The normalized spacial score (nSPS) is 16.3. The Morgan fingerprint density at radius 3 is 2.27 bits per heavy atom. The Kier molecular flexibility index (Phi) is 5.77. The molecule has 1 atom stereocenters. The molecule has 2 aromatic carbocycles. The summed E-state index contributed by atoms with van der Waals surface area (Å²) in [6.45, 7) is 2.20. The summed E-state index contributed by atoms with van der Waals surface area (Å²) in [5.41, 5.74) is 1.38. The maximum atomic E-state index is 12.4. The van der Waals surface area contributed by atoms with Gasteiger partial charge in [0.05, 0.1) is 4.90 Å². The molecule has 1 aliphatic carbocycles. The predicted octanol–water partition coefficient (Wildman–Crippen LogP) is 4.33. The van der Waals surface area contributed by atoms with Gasteiger partial charge in [-0.15, -0.1) is 0 Å². The minimum Gasteiger partial charge on any atom is -0.382 e. The Bertz CT molecular complexity index is 839. The topological polar surface area (TPSA) is 63.2 Å². The van der Waals surface area contributed by atoms with Crippen molar-refractivity contribution in [3.63, 3.8) is 0 Å². The first kappa shape index (κ1) is 18.6. The fourth-order valence-electron chi connectivity index (χ4n) is 3.56. The average molecular weight is 372 g/mol. The molecule has 0 radical (unpaired) electrons. The van der Waals surface area contributed by atoms with Gasteiger partial charge in [-0.25, -0.2) is 8.42 Å². The van der Waals surface area contributed by atoms with Crippen LogP contribution in [-0.4, -0.2) is 26.0 Å². The monoisotopic (exact) mass is 371 g/mol. The van der Waals surface area contributed by atoms with E-state index in [1.807, 2.05) is 12.1 Å². The second-order valence-electron chi connectivity index (χ2n) is 7.05. The van der Waals surface area contributed by atoms with Crippen molar-refractivity contribution in [3.05, 3.63) is 60.2 Å². The molecule has 0 aliphatic heterocycles. The van der Waals surface area contributed by atoms with Crippen molar-refractivity contribution in [2.75, 3.05) is 11.1 Å². The van der Waals surface area contributed by atoms with Gasteiger partial charge in [-0.05, 0) is 62.1 Å². The van der Waals surface area contributed by atoms with Gasteiger partial charge in [0.25, 0.3) is 0 Å². The summed E-state index contributed by atoms with van der Waals surface area (Å²) in [6, 6.07) is 15.6. The first-order valence-corrected chi connectivity index (χ1v) is 10.8. The highest BCUT2D eigenvalue weighted by Gasteiger charge is 2.22. The molecule has 1 unspecified atom stereocenters. The predicted molar refractivity (Wildman–Crippen MR) is 104 cm³/mol. The SMILES string of the molecule is CC(Nc1ccc(C(=O)CS(=O)(=O)c2ccccc2)cc1)C1CCCC1. The molecule has 26 heavy (non-hydrogen) atoms. The Morgan fingerprint density at radius 1 is 1.04 bits per heavy atom. The molecule has 0 amide bonds. The van der Waals surface area contributed by atoms with Gasteiger partial charge in [-0.3, -0.25) is 4.79 Å². The lowest BCUT2D eigenvalue weighted by molar-refractivity contribution is 0.102. The van der Waals surface area contributed by atoms with Gasteiger partial charge in [0.15, 0.2) is 15.6 Å². The standard InChI is InChI=1S/C21H25NO3S/c1-16(17-7-5-6-8-17)22-19-13-11-18(12-14-19)21(23)15-26(24,25)20-9-3-2-4-10-20/h2-4,9-14,16-17,22H,5-8,15H2,1H3. The number of carbonyl (C=O) groups is 1. The van der Waals surface area contributed by atoms with Gasteiger partial charge in [-0.2, -0.15) is 0 Å². The molecule has 1 saturated carbocycles. The molecule has 1 fully saturated rings. The van der Waals surface area contributed by atoms with E-state index >= 15 is 0 Å². The lowest BCUT2D eigenvalue weighted by Gasteiger charge is -2.21. The highest BCUT2D eigenvalue weighted by molar-refractivity contribution is 7.92. The number of hydrogen-bond donors (Lipinski definition) is 1. The molecule has 2 aromatic rings. The summed E-state index contributed by atoms with van der Waals surface area (Å²) in [7, 11) is -3.61. The fourth-order valence-corrected chi connectivity index (χ4v) is 4.81. The minimum absolute atomic E-state index is 0.178. The highest BCUT2D eigenvalue weighted by Crippen LogP contribution is 2.29.